The van der Waals surface area contributed by atoms with Crippen molar-refractivity contribution in [2.24, 2.45) is 0 Å². The number of carboxylic acids is 1. The molecule has 1 aromatic carbocycles. The molecule has 0 radical (unpaired) electrons. The number of H-pyrrole nitrogens is 1. The zero-order valence-corrected chi connectivity index (χ0v) is 10.3. The Kier molecular flexibility index (Phi) is 2.63. The molecule has 0 aliphatic carbocycles. The Hall–Kier alpha value is -2.50. The molecule has 0 saturated heterocycles. The van der Waals surface area contributed by atoms with E-state index in [0.29, 0.717) is 30.4 Å². The summed E-state index contributed by atoms with van der Waals surface area (Å²) in [6.07, 6.45) is 0. The maximum Gasteiger partial charge on any atom is 0.353 e. The number of nitrogens with one attached hydrogen (secondary N) is 1. The second kappa shape index (κ2) is 4.31. The summed E-state index contributed by atoms with van der Waals surface area (Å²) in [5.41, 5.74) is 2.30. The highest BCUT2D eigenvalue weighted by molar-refractivity contribution is 5.87. The van der Waals surface area contributed by atoms with Gasteiger partial charge < -0.3 is 14.6 Å². The fraction of sp³-hybridized carbons (Fsp3) is 0.231. The standard InChI is InChI=1S/C13H12N2O4/c1-7-2-3-10-12(19-5-4-18-10)11(7)8-6-9(13(16)17)15-14-8/h2-3,6H,4-5H2,1H3,(H,14,15)(H,16,17). The zero-order chi connectivity index (χ0) is 13.4. The van der Waals surface area contributed by atoms with E-state index in [1.807, 2.05) is 19.1 Å². The molecule has 0 spiro atoms. The first-order chi connectivity index (χ1) is 9.16. The Balaban J connectivity index is 2.15. The third-order valence-corrected chi connectivity index (χ3v) is 2.98. The molecule has 0 amide bonds. The van der Waals surface area contributed by atoms with Crippen LogP contribution in [0.25, 0.3) is 11.3 Å². The van der Waals surface area contributed by atoms with E-state index in [-0.39, 0.29) is 5.69 Å². The van der Waals surface area contributed by atoms with Crippen molar-refractivity contribution in [2.45, 2.75) is 6.92 Å². The minimum Gasteiger partial charge on any atom is -0.486 e. The summed E-state index contributed by atoms with van der Waals surface area (Å²) in [4.78, 5) is 10.9. The first kappa shape index (κ1) is 11.6. The van der Waals surface area contributed by atoms with E-state index in [1.54, 1.807) is 0 Å². The average Bonchev–Trinajstić information content (AvgIpc) is 2.88. The van der Waals surface area contributed by atoms with Crippen LogP contribution in [0, 0.1) is 6.92 Å². The van der Waals surface area contributed by atoms with Crippen LogP contribution >= 0.6 is 0 Å². The van der Waals surface area contributed by atoms with Gasteiger partial charge in [0.25, 0.3) is 0 Å². The average molecular weight is 260 g/mol. The summed E-state index contributed by atoms with van der Waals surface area (Å²) in [7, 11) is 0. The van der Waals surface area contributed by atoms with Crippen molar-refractivity contribution >= 4 is 5.97 Å². The van der Waals surface area contributed by atoms with E-state index in [9.17, 15) is 4.79 Å². The zero-order valence-electron chi connectivity index (χ0n) is 10.3. The molecule has 0 atom stereocenters. The molecule has 0 fully saturated rings. The van der Waals surface area contributed by atoms with Gasteiger partial charge in [0.15, 0.2) is 11.5 Å². The first-order valence-electron chi connectivity index (χ1n) is 5.85. The molecule has 6 nitrogen and oxygen atoms in total. The molecule has 98 valence electrons. The molecule has 2 heterocycles. The summed E-state index contributed by atoms with van der Waals surface area (Å²) in [6.45, 7) is 2.90. The number of aromatic amines is 1. The number of carboxylic acid groups (broad SMARTS) is 1. The second-order valence-corrected chi connectivity index (χ2v) is 4.25. The molecule has 1 aliphatic rings. The van der Waals surface area contributed by atoms with Gasteiger partial charge in [0.1, 0.15) is 18.9 Å². The Morgan fingerprint density at radius 2 is 2.16 bits per heavy atom. The lowest BCUT2D eigenvalue weighted by Gasteiger charge is -2.21. The number of carbonyl (C=O) groups is 1. The maximum absolute atomic E-state index is 10.9. The number of benzene rings is 1. The van der Waals surface area contributed by atoms with Gasteiger partial charge in [-0.3, -0.25) is 5.10 Å². The Morgan fingerprint density at radius 1 is 1.37 bits per heavy atom. The van der Waals surface area contributed by atoms with E-state index in [4.69, 9.17) is 14.6 Å². The monoisotopic (exact) mass is 260 g/mol. The van der Waals surface area contributed by atoms with Crippen molar-refractivity contribution in [1.82, 2.24) is 10.2 Å². The lowest BCUT2D eigenvalue weighted by Crippen LogP contribution is -2.16. The minimum absolute atomic E-state index is 0.0451. The van der Waals surface area contributed by atoms with Gasteiger partial charge in [0, 0.05) is 0 Å². The number of aromatic carboxylic acids is 1. The van der Waals surface area contributed by atoms with Crippen molar-refractivity contribution < 1.29 is 19.4 Å². The fourth-order valence-corrected chi connectivity index (χ4v) is 2.09. The van der Waals surface area contributed by atoms with E-state index in [2.05, 4.69) is 10.2 Å². The van der Waals surface area contributed by atoms with E-state index < -0.39 is 5.97 Å². The molecule has 3 rings (SSSR count). The normalized spacial score (nSPS) is 13.3. The Labute approximate surface area is 109 Å². The summed E-state index contributed by atoms with van der Waals surface area (Å²) in [5, 5.41) is 15.5. The number of nitrogens with zero attached hydrogens (tertiary/aromatic N) is 1. The Morgan fingerprint density at radius 3 is 2.89 bits per heavy atom. The van der Waals surface area contributed by atoms with Gasteiger partial charge in [-0.2, -0.15) is 5.10 Å². The number of hydrogen-bond acceptors (Lipinski definition) is 4. The third-order valence-electron chi connectivity index (χ3n) is 2.98. The Bertz CT molecular complexity index is 648. The van der Waals surface area contributed by atoms with Crippen molar-refractivity contribution in [1.29, 1.82) is 0 Å². The predicted molar refractivity (Wildman–Crippen MR) is 66.7 cm³/mol. The molecule has 2 N–H and O–H groups in total. The molecule has 19 heavy (non-hydrogen) atoms. The lowest BCUT2D eigenvalue weighted by molar-refractivity contribution is 0.0690. The molecular formula is C13H12N2O4. The molecule has 2 aromatic rings. The van der Waals surface area contributed by atoms with Crippen LogP contribution < -0.4 is 9.47 Å². The summed E-state index contributed by atoms with van der Waals surface area (Å²) in [6, 6.07) is 5.24. The number of ether oxygens (including phenoxy) is 2. The number of aryl methyl sites for hydroxylation is 1. The van der Waals surface area contributed by atoms with Crippen LogP contribution in [0.4, 0.5) is 0 Å². The maximum atomic E-state index is 10.9. The molecule has 6 heteroatoms. The van der Waals surface area contributed by atoms with Crippen LogP contribution in [0.1, 0.15) is 16.1 Å². The van der Waals surface area contributed by atoms with Gasteiger partial charge >= 0.3 is 5.97 Å². The summed E-state index contributed by atoms with van der Waals surface area (Å²) in [5.74, 6) is 0.236. The van der Waals surface area contributed by atoms with Crippen molar-refractivity contribution in [3.8, 4) is 22.8 Å². The van der Waals surface area contributed by atoms with Crippen LogP contribution in [0.15, 0.2) is 18.2 Å². The third kappa shape index (κ3) is 1.91. The van der Waals surface area contributed by atoms with Crippen LogP contribution in [0.3, 0.4) is 0 Å². The highest BCUT2D eigenvalue weighted by Crippen LogP contribution is 2.41. The van der Waals surface area contributed by atoms with Crippen molar-refractivity contribution in [3.63, 3.8) is 0 Å². The van der Waals surface area contributed by atoms with Crippen LogP contribution in [-0.4, -0.2) is 34.5 Å². The van der Waals surface area contributed by atoms with Gasteiger partial charge in [0.05, 0.1) is 11.3 Å². The number of aromatic nitrogens is 2. The molecule has 0 saturated carbocycles. The van der Waals surface area contributed by atoms with Gasteiger partial charge in [-0.05, 0) is 24.6 Å². The summed E-state index contributed by atoms with van der Waals surface area (Å²) >= 11 is 0. The minimum atomic E-state index is -1.04. The predicted octanol–water partition coefficient (Wildman–Crippen LogP) is 1.85. The number of fused-ring (bicyclic) bond motifs is 1. The quantitative estimate of drug-likeness (QED) is 0.860. The van der Waals surface area contributed by atoms with Crippen LogP contribution in [-0.2, 0) is 0 Å². The largest absolute Gasteiger partial charge is 0.486 e. The number of rotatable bonds is 2. The van der Waals surface area contributed by atoms with Crippen LogP contribution in [0.2, 0.25) is 0 Å². The SMILES string of the molecule is Cc1ccc2c(c1-c1cc(C(=O)O)[nH]n1)OCCO2. The fourth-order valence-electron chi connectivity index (χ4n) is 2.09. The molecule has 0 unspecified atom stereocenters. The van der Waals surface area contributed by atoms with Crippen molar-refractivity contribution in [2.75, 3.05) is 13.2 Å². The van der Waals surface area contributed by atoms with Crippen LogP contribution in [0.5, 0.6) is 11.5 Å². The summed E-state index contributed by atoms with van der Waals surface area (Å²) < 4.78 is 11.1. The van der Waals surface area contributed by atoms with Gasteiger partial charge in [0.2, 0.25) is 0 Å². The molecule has 0 bridgehead atoms. The molecule has 1 aliphatic heterocycles. The number of hydrogen-bond donors (Lipinski definition) is 2. The van der Waals surface area contributed by atoms with E-state index in [1.165, 1.54) is 6.07 Å². The highest BCUT2D eigenvalue weighted by atomic mass is 16.6. The van der Waals surface area contributed by atoms with Gasteiger partial charge in [-0.15, -0.1) is 0 Å². The van der Waals surface area contributed by atoms with Crippen molar-refractivity contribution in [3.05, 3.63) is 29.5 Å². The van der Waals surface area contributed by atoms with E-state index in [0.717, 1.165) is 11.1 Å². The lowest BCUT2D eigenvalue weighted by atomic mass is 10.0. The van der Waals surface area contributed by atoms with E-state index >= 15 is 0 Å². The smallest absolute Gasteiger partial charge is 0.353 e. The topological polar surface area (TPSA) is 84.4 Å². The second-order valence-electron chi connectivity index (χ2n) is 4.25. The molecule has 1 aromatic heterocycles. The highest BCUT2D eigenvalue weighted by Gasteiger charge is 2.21. The van der Waals surface area contributed by atoms with Gasteiger partial charge in [-0.25, -0.2) is 4.79 Å². The van der Waals surface area contributed by atoms with Gasteiger partial charge in [-0.1, -0.05) is 6.07 Å². The first-order valence-corrected chi connectivity index (χ1v) is 5.85. The molecular weight excluding hydrogens is 248 g/mol.